The Morgan fingerprint density at radius 2 is 1.77 bits per heavy atom. The summed E-state index contributed by atoms with van der Waals surface area (Å²) in [5.41, 5.74) is 0.472. The Bertz CT molecular complexity index is 1260. The molecule has 0 aliphatic heterocycles. The smallest absolute Gasteiger partial charge is 0.329 e. The molecule has 1 saturated carbocycles. The normalized spacial score (nSPS) is 13.2. The second-order valence-electron chi connectivity index (χ2n) is 7.45. The number of nitrogens with one attached hydrogen (secondary N) is 3. The van der Waals surface area contributed by atoms with E-state index in [4.69, 9.17) is 0 Å². The predicted molar refractivity (Wildman–Crippen MR) is 115 cm³/mol. The lowest BCUT2D eigenvalue weighted by molar-refractivity contribution is 0.0928. The predicted octanol–water partition coefficient (Wildman–Crippen LogP) is 1.14. The first-order chi connectivity index (χ1) is 15.0. The molecule has 2 amide bonds. The molecule has 0 atom stereocenters. The van der Waals surface area contributed by atoms with Crippen LogP contribution in [0.3, 0.4) is 0 Å². The molecule has 1 aliphatic carbocycles. The topological polar surface area (TPSA) is 126 Å². The van der Waals surface area contributed by atoms with Gasteiger partial charge in [0.25, 0.3) is 17.4 Å². The van der Waals surface area contributed by atoms with Crippen LogP contribution in [-0.2, 0) is 6.54 Å². The van der Waals surface area contributed by atoms with Crippen molar-refractivity contribution in [3.8, 4) is 0 Å². The Kier molecular flexibility index (Phi) is 5.66. The lowest BCUT2D eigenvalue weighted by Crippen LogP contribution is -2.36. The number of carbonyl (C=O) groups excluding carboxylic acids is 2. The van der Waals surface area contributed by atoms with Crippen LogP contribution in [0, 0.1) is 0 Å². The van der Waals surface area contributed by atoms with Crippen molar-refractivity contribution in [3.05, 3.63) is 74.1 Å². The van der Waals surface area contributed by atoms with Crippen LogP contribution >= 0.6 is 0 Å². The molecule has 2 heterocycles. The minimum absolute atomic E-state index is 0.0941. The van der Waals surface area contributed by atoms with Gasteiger partial charge in [0.2, 0.25) is 0 Å². The van der Waals surface area contributed by atoms with Gasteiger partial charge >= 0.3 is 5.69 Å². The van der Waals surface area contributed by atoms with Crippen molar-refractivity contribution in [2.24, 2.45) is 0 Å². The fourth-order valence-electron chi connectivity index (χ4n) is 3.49. The summed E-state index contributed by atoms with van der Waals surface area (Å²) in [5.74, 6) is -0.445. The molecule has 0 spiro atoms. The molecular formula is C22H23N5O4. The zero-order valence-corrected chi connectivity index (χ0v) is 17.1. The first kappa shape index (κ1) is 20.5. The minimum atomic E-state index is -0.637. The largest absolute Gasteiger partial charge is 0.350 e. The zero-order valence-electron chi connectivity index (χ0n) is 17.1. The second kappa shape index (κ2) is 8.55. The van der Waals surface area contributed by atoms with Crippen LogP contribution in [0.4, 0.5) is 0 Å². The Labute approximate surface area is 177 Å². The van der Waals surface area contributed by atoms with Gasteiger partial charge in [-0.2, -0.15) is 0 Å². The average Bonchev–Trinajstić information content (AvgIpc) is 3.62. The van der Waals surface area contributed by atoms with Gasteiger partial charge in [0.1, 0.15) is 0 Å². The lowest BCUT2D eigenvalue weighted by Gasteiger charge is -2.13. The van der Waals surface area contributed by atoms with Crippen molar-refractivity contribution < 1.29 is 9.59 Å². The van der Waals surface area contributed by atoms with Gasteiger partial charge in [-0.15, -0.1) is 0 Å². The number of carbonyl (C=O) groups is 2. The van der Waals surface area contributed by atoms with Crippen LogP contribution in [0.2, 0.25) is 0 Å². The highest BCUT2D eigenvalue weighted by atomic mass is 16.2. The number of H-pyrrole nitrogens is 1. The Hall–Kier alpha value is -3.75. The van der Waals surface area contributed by atoms with Gasteiger partial charge in [-0.3, -0.25) is 23.9 Å². The minimum Gasteiger partial charge on any atom is -0.350 e. The van der Waals surface area contributed by atoms with E-state index < -0.39 is 17.2 Å². The second-order valence-corrected chi connectivity index (χ2v) is 7.45. The molecule has 9 heteroatoms. The molecule has 3 aromatic rings. The van der Waals surface area contributed by atoms with Crippen molar-refractivity contribution in [1.29, 1.82) is 0 Å². The van der Waals surface area contributed by atoms with E-state index >= 15 is 0 Å². The molecule has 31 heavy (non-hydrogen) atoms. The van der Waals surface area contributed by atoms with Gasteiger partial charge in [0.15, 0.2) is 5.65 Å². The molecule has 1 aromatic carbocycles. The number of aromatic nitrogens is 3. The van der Waals surface area contributed by atoms with Crippen molar-refractivity contribution in [1.82, 2.24) is 25.2 Å². The van der Waals surface area contributed by atoms with Crippen LogP contribution < -0.4 is 21.9 Å². The van der Waals surface area contributed by atoms with Crippen molar-refractivity contribution in [3.63, 3.8) is 0 Å². The van der Waals surface area contributed by atoms with E-state index in [1.165, 1.54) is 4.57 Å². The van der Waals surface area contributed by atoms with E-state index in [9.17, 15) is 19.2 Å². The molecule has 4 rings (SSSR count). The van der Waals surface area contributed by atoms with Gasteiger partial charge in [-0.05, 0) is 38.0 Å². The van der Waals surface area contributed by atoms with Crippen LogP contribution in [-0.4, -0.2) is 39.4 Å². The third kappa shape index (κ3) is 4.25. The summed E-state index contributed by atoms with van der Waals surface area (Å²) in [6.45, 7) is 2.51. The molecule has 3 N–H and O–H groups in total. The number of hydrogen-bond acceptors (Lipinski definition) is 5. The number of pyridine rings is 1. The summed E-state index contributed by atoms with van der Waals surface area (Å²) in [6, 6.07) is 10.4. The number of aryl methyl sites for hydroxylation is 1. The van der Waals surface area contributed by atoms with Gasteiger partial charge < -0.3 is 10.6 Å². The van der Waals surface area contributed by atoms with Gasteiger partial charge in [0.05, 0.1) is 10.9 Å². The van der Waals surface area contributed by atoms with Crippen molar-refractivity contribution in [2.45, 2.75) is 32.2 Å². The van der Waals surface area contributed by atoms with Crippen LogP contribution in [0.25, 0.3) is 11.0 Å². The fourth-order valence-corrected chi connectivity index (χ4v) is 3.49. The Balaban J connectivity index is 1.55. The van der Waals surface area contributed by atoms with Gasteiger partial charge in [-0.1, -0.05) is 18.2 Å². The van der Waals surface area contributed by atoms with Crippen LogP contribution in [0.5, 0.6) is 0 Å². The van der Waals surface area contributed by atoms with E-state index in [0.29, 0.717) is 17.8 Å². The lowest BCUT2D eigenvalue weighted by atomic mass is 10.1. The number of hydrogen-bond donors (Lipinski definition) is 3. The molecule has 0 saturated heterocycles. The van der Waals surface area contributed by atoms with Gasteiger partial charge in [0, 0.05) is 36.8 Å². The number of rotatable bonds is 7. The molecule has 9 nitrogen and oxygen atoms in total. The molecule has 0 bridgehead atoms. The maximum absolute atomic E-state index is 12.9. The first-order valence-corrected chi connectivity index (χ1v) is 10.3. The summed E-state index contributed by atoms with van der Waals surface area (Å²) in [4.78, 5) is 56.5. The number of fused-ring (bicyclic) bond motifs is 1. The summed E-state index contributed by atoms with van der Waals surface area (Å²) in [6.07, 6.45) is 1.93. The highest BCUT2D eigenvalue weighted by molar-refractivity contribution is 6.05. The molecule has 160 valence electrons. The Morgan fingerprint density at radius 3 is 2.42 bits per heavy atom. The highest BCUT2D eigenvalue weighted by Gasteiger charge is 2.28. The van der Waals surface area contributed by atoms with Crippen molar-refractivity contribution >= 4 is 22.8 Å². The third-order valence-electron chi connectivity index (χ3n) is 5.26. The molecule has 0 unspecified atom stereocenters. The summed E-state index contributed by atoms with van der Waals surface area (Å²) in [5, 5.41) is 5.58. The highest BCUT2D eigenvalue weighted by Crippen LogP contribution is 2.39. The van der Waals surface area contributed by atoms with E-state index in [0.717, 1.165) is 12.8 Å². The molecule has 1 fully saturated rings. The SMILES string of the molecule is CCn1c(=O)[nH]c(=O)c2c(C(=O)NCCNC(=O)c3ccccc3)cc(C3CC3)nc21. The number of benzene rings is 1. The average molecular weight is 421 g/mol. The maximum atomic E-state index is 12.9. The fraction of sp³-hybridized carbons (Fsp3) is 0.318. The molecule has 2 aromatic heterocycles. The van der Waals surface area contributed by atoms with Crippen LogP contribution in [0.1, 0.15) is 52.1 Å². The monoisotopic (exact) mass is 421 g/mol. The quantitative estimate of drug-likeness (QED) is 0.493. The molecular weight excluding hydrogens is 398 g/mol. The van der Waals surface area contributed by atoms with E-state index in [1.807, 2.05) is 6.07 Å². The van der Waals surface area contributed by atoms with Crippen molar-refractivity contribution in [2.75, 3.05) is 13.1 Å². The zero-order chi connectivity index (χ0) is 22.0. The van der Waals surface area contributed by atoms with Gasteiger partial charge in [-0.25, -0.2) is 9.78 Å². The Morgan fingerprint density at radius 1 is 1.10 bits per heavy atom. The number of nitrogens with zero attached hydrogens (tertiary/aromatic N) is 2. The summed E-state index contributed by atoms with van der Waals surface area (Å²) >= 11 is 0. The first-order valence-electron chi connectivity index (χ1n) is 10.3. The van der Waals surface area contributed by atoms with E-state index in [-0.39, 0.29) is 41.5 Å². The van der Waals surface area contributed by atoms with E-state index in [2.05, 4.69) is 20.6 Å². The third-order valence-corrected chi connectivity index (χ3v) is 5.26. The maximum Gasteiger partial charge on any atom is 0.329 e. The summed E-state index contributed by atoms with van der Waals surface area (Å²) < 4.78 is 1.36. The van der Waals surface area contributed by atoms with Crippen LogP contribution in [0.15, 0.2) is 46.0 Å². The molecule has 1 aliphatic rings. The standard InChI is InChI=1S/C22H23N5O4/c1-2-27-18-17(21(30)26-22(27)31)15(12-16(25-18)13-8-9-13)20(29)24-11-10-23-19(28)14-6-4-3-5-7-14/h3-7,12-13H,2,8-11H2,1H3,(H,23,28)(H,24,29)(H,26,30,31). The number of amides is 2. The van der Waals surface area contributed by atoms with E-state index in [1.54, 1.807) is 37.3 Å². The summed E-state index contributed by atoms with van der Waals surface area (Å²) in [7, 11) is 0. The number of aromatic amines is 1. The molecule has 0 radical (unpaired) electrons.